The maximum Gasteiger partial charge on any atom is 0.237 e. The number of aromatic nitrogens is 1. The van der Waals surface area contributed by atoms with E-state index in [4.69, 9.17) is 22.1 Å². The number of nitrogens with zero attached hydrogens (tertiary/aromatic N) is 1. The summed E-state index contributed by atoms with van der Waals surface area (Å²) in [7, 11) is 0. The van der Waals surface area contributed by atoms with E-state index < -0.39 is 6.04 Å². The lowest BCUT2D eigenvalue weighted by Crippen LogP contribution is -2.42. The summed E-state index contributed by atoms with van der Waals surface area (Å²) in [6, 6.07) is 2.91. The van der Waals surface area contributed by atoms with Gasteiger partial charge in [0, 0.05) is 12.3 Å². The zero-order chi connectivity index (χ0) is 14.1. The highest BCUT2D eigenvalue weighted by Crippen LogP contribution is 2.10. The minimum atomic E-state index is -0.457. The average molecular weight is 304 g/mol. The second-order valence-corrected chi connectivity index (χ2v) is 5.26. The Morgan fingerprint density at radius 3 is 3.05 bits per heavy atom. The molecule has 1 aromatic heterocycles. The molecule has 1 amide bonds. The van der Waals surface area contributed by atoms with Gasteiger partial charge in [-0.15, -0.1) is 0 Å². The van der Waals surface area contributed by atoms with Gasteiger partial charge in [0.1, 0.15) is 6.61 Å². The molecule has 1 atom stereocenters. The van der Waals surface area contributed by atoms with Crippen molar-refractivity contribution in [3.8, 4) is 5.88 Å². The van der Waals surface area contributed by atoms with Crippen LogP contribution in [0.5, 0.6) is 5.88 Å². The largest absolute Gasteiger partial charge is 0.476 e. The monoisotopic (exact) mass is 303 g/mol. The molecule has 0 saturated carbocycles. The van der Waals surface area contributed by atoms with E-state index >= 15 is 0 Å². The third-order valence-corrected chi connectivity index (χ3v) is 3.19. The van der Waals surface area contributed by atoms with Crippen molar-refractivity contribution in [2.24, 2.45) is 5.73 Å². The summed E-state index contributed by atoms with van der Waals surface area (Å²) in [6.45, 7) is 0.742. The highest BCUT2D eigenvalue weighted by molar-refractivity contribution is 7.98. The molecule has 7 heteroatoms. The zero-order valence-corrected chi connectivity index (χ0v) is 12.3. The van der Waals surface area contributed by atoms with Gasteiger partial charge in [0.15, 0.2) is 0 Å². The van der Waals surface area contributed by atoms with Crippen molar-refractivity contribution in [3.05, 3.63) is 23.4 Å². The molecule has 0 fully saturated rings. The number of thioether (sulfide) groups is 1. The van der Waals surface area contributed by atoms with Crippen molar-refractivity contribution >= 4 is 29.3 Å². The minimum absolute atomic E-state index is 0.151. The Morgan fingerprint density at radius 2 is 2.42 bits per heavy atom. The van der Waals surface area contributed by atoms with Crippen LogP contribution in [0.4, 0.5) is 0 Å². The smallest absolute Gasteiger partial charge is 0.237 e. The fraction of sp³-hybridized carbons (Fsp3) is 0.500. The second-order valence-electron chi connectivity index (χ2n) is 3.84. The molecule has 0 unspecified atom stereocenters. The van der Waals surface area contributed by atoms with Crippen LogP contribution in [0.3, 0.4) is 0 Å². The third-order valence-electron chi connectivity index (χ3n) is 2.32. The Morgan fingerprint density at radius 1 is 1.63 bits per heavy atom. The predicted octanol–water partition coefficient (Wildman–Crippen LogP) is 1.31. The summed E-state index contributed by atoms with van der Waals surface area (Å²) in [5.41, 5.74) is 5.72. The van der Waals surface area contributed by atoms with Crippen molar-refractivity contribution in [1.82, 2.24) is 10.3 Å². The number of ether oxygens (including phenoxy) is 1. The molecular formula is C12H18ClN3O2S. The van der Waals surface area contributed by atoms with Crippen LogP contribution < -0.4 is 15.8 Å². The second kappa shape index (κ2) is 9.01. The van der Waals surface area contributed by atoms with Gasteiger partial charge in [-0.25, -0.2) is 4.98 Å². The first-order valence-electron chi connectivity index (χ1n) is 5.90. The molecule has 106 valence electrons. The van der Waals surface area contributed by atoms with Crippen LogP contribution in [0, 0.1) is 0 Å². The number of hydrogen-bond donors (Lipinski definition) is 2. The molecule has 19 heavy (non-hydrogen) atoms. The molecule has 5 nitrogen and oxygen atoms in total. The molecule has 0 aromatic carbocycles. The number of rotatable bonds is 8. The van der Waals surface area contributed by atoms with E-state index in [9.17, 15) is 4.79 Å². The highest BCUT2D eigenvalue weighted by atomic mass is 35.5. The quantitative estimate of drug-likeness (QED) is 0.708. The molecule has 1 heterocycles. The van der Waals surface area contributed by atoms with Crippen LogP contribution in [-0.2, 0) is 4.79 Å². The molecule has 0 aliphatic rings. The summed E-state index contributed by atoms with van der Waals surface area (Å²) < 4.78 is 5.34. The van der Waals surface area contributed by atoms with Gasteiger partial charge in [0.05, 0.1) is 17.6 Å². The lowest BCUT2D eigenvalue weighted by atomic mass is 10.2. The molecule has 0 saturated heterocycles. The molecule has 3 N–H and O–H groups in total. The molecule has 1 aromatic rings. The van der Waals surface area contributed by atoms with E-state index in [1.165, 1.54) is 6.20 Å². The van der Waals surface area contributed by atoms with Crippen molar-refractivity contribution in [3.63, 3.8) is 0 Å². The Kier molecular flexibility index (Phi) is 7.62. The van der Waals surface area contributed by atoms with Gasteiger partial charge in [-0.1, -0.05) is 11.6 Å². The minimum Gasteiger partial charge on any atom is -0.476 e. The van der Waals surface area contributed by atoms with Crippen LogP contribution in [0.2, 0.25) is 5.02 Å². The van der Waals surface area contributed by atoms with Crippen LogP contribution in [-0.4, -0.2) is 42.1 Å². The molecule has 0 radical (unpaired) electrons. The Hall–Kier alpha value is -0.980. The van der Waals surface area contributed by atoms with E-state index in [0.29, 0.717) is 30.5 Å². The molecule has 0 spiro atoms. The van der Waals surface area contributed by atoms with Gasteiger partial charge in [-0.2, -0.15) is 11.8 Å². The van der Waals surface area contributed by atoms with Crippen molar-refractivity contribution in [2.45, 2.75) is 12.5 Å². The molecule has 0 bridgehead atoms. The first kappa shape index (κ1) is 16.1. The number of nitrogens with two attached hydrogens (primary N) is 1. The predicted molar refractivity (Wildman–Crippen MR) is 78.7 cm³/mol. The summed E-state index contributed by atoms with van der Waals surface area (Å²) in [6.07, 6.45) is 4.16. The summed E-state index contributed by atoms with van der Waals surface area (Å²) in [5.74, 6) is 1.20. The Bertz CT molecular complexity index is 389. The first-order chi connectivity index (χ1) is 9.13. The fourth-order valence-electron chi connectivity index (χ4n) is 1.28. The van der Waals surface area contributed by atoms with E-state index in [1.807, 2.05) is 6.26 Å². The van der Waals surface area contributed by atoms with E-state index in [2.05, 4.69) is 10.3 Å². The molecule has 0 aliphatic heterocycles. The lowest BCUT2D eigenvalue weighted by molar-refractivity contribution is -0.122. The maximum atomic E-state index is 11.6. The van der Waals surface area contributed by atoms with Crippen LogP contribution >= 0.6 is 23.4 Å². The van der Waals surface area contributed by atoms with Gasteiger partial charge in [-0.3, -0.25) is 4.79 Å². The maximum absolute atomic E-state index is 11.6. The topological polar surface area (TPSA) is 77.2 Å². The first-order valence-corrected chi connectivity index (χ1v) is 7.67. The van der Waals surface area contributed by atoms with E-state index in [0.717, 1.165) is 5.75 Å². The lowest BCUT2D eigenvalue weighted by Gasteiger charge is -2.11. The summed E-state index contributed by atoms with van der Waals surface area (Å²) in [4.78, 5) is 15.5. The van der Waals surface area contributed by atoms with Crippen molar-refractivity contribution in [2.75, 3.05) is 25.2 Å². The van der Waals surface area contributed by atoms with Gasteiger partial charge >= 0.3 is 0 Å². The number of hydrogen-bond acceptors (Lipinski definition) is 5. The van der Waals surface area contributed by atoms with Gasteiger partial charge in [0.2, 0.25) is 11.8 Å². The number of carbonyl (C=O) groups excluding carboxylic acids is 1. The van der Waals surface area contributed by atoms with Gasteiger partial charge < -0.3 is 15.8 Å². The number of carbonyl (C=O) groups is 1. The normalized spacial score (nSPS) is 11.9. The van der Waals surface area contributed by atoms with E-state index in [-0.39, 0.29) is 5.91 Å². The van der Waals surface area contributed by atoms with Crippen LogP contribution in [0.15, 0.2) is 18.3 Å². The fourth-order valence-corrected chi connectivity index (χ4v) is 1.89. The zero-order valence-electron chi connectivity index (χ0n) is 10.8. The summed E-state index contributed by atoms with van der Waals surface area (Å²) >= 11 is 7.37. The third kappa shape index (κ3) is 6.66. The van der Waals surface area contributed by atoms with Gasteiger partial charge in [-0.05, 0) is 24.5 Å². The molecule has 0 aliphatic carbocycles. The SMILES string of the molecule is CSCC[C@H](N)C(=O)NCCOc1ccc(Cl)cn1. The number of halogens is 1. The molecular weight excluding hydrogens is 286 g/mol. The van der Waals surface area contributed by atoms with E-state index in [1.54, 1.807) is 23.9 Å². The summed E-state index contributed by atoms with van der Waals surface area (Å²) in [5, 5.41) is 3.28. The van der Waals surface area contributed by atoms with Crippen molar-refractivity contribution in [1.29, 1.82) is 0 Å². The standard InChI is InChI=1S/C12H18ClN3O2S/c1-19-7-4-10(14)12(17)15-5-6-18-11-3-2-9(13)8-16-11/h2-3,8,10H,4-7,14H2,1H3,(H,15,17)/t10-/m0/s1. The number of nitrogens with one attached hydrogen (secondary N) is 1. The Labute approximate surface area is 122 Å². The number of amides is 1. The van der Waals surface area contributed by atoms with Gasteiger partial charge in [0.25, 0.3) is 0 Å². The number of pyridine rings is 1. The van der Waals surface area contributed by atoms with Crippen LogP contribution in [0.1, 0.15) is 6.42 Å². The average Bonchev–Trinajstić information content (AvgIpc) is 2.42. The highest BCUT2D eigenvalue weighted by Gasteiger charge is 2.11. The molecule has 1 rings (SSSR count). The Balaban J connectivity index is 2.16. The van der Waals surface area contributed by atoms with Crippen LogP contribution in [0.25, 0.3) is 0 Å². The van der Waals surface area contributed by atoms with Crippen molar-refractivity contribution < 1.29 is 9.53 Å².